The van der Waals surface area contributed by atoms with Crippen LogP contribution in [0, 0.1) is 6.92 Å². The molecule has 1 unspecified atom stereocenters. The summed E-state index contributed by atoms with van der Waals surface area (Å²) >= 11 is 1.52. The van der Waals surface area contributed by atoms with Crippen LogP contribution in [-0.2, 0) is 29.5 Å². The van der Waals surface area contributed by atoms with E-state index in [0.29, 0.717) is 28.9 Å². The van der Waals surface area contributed by atoms with Crippen molar-refractivity contribution in [3.8, 4) is 11.3 Å². The molecule has 3 aromatic rings. The number of carbonyl (C=O) groups excluding carboxylic acids is 1. The molecule has 0 fully saturated rings. The van der Waals surface area contributed by atoms with Crippen molar-refractivity contribution in [3.63, 3.8) is 0 Å². The molecule has 3 heterocycles. The standard InChI is InChI=1S/C21H22N4O2S2.C2H6/c1-13-9-14(17-5-7-23-21(22-2)25-17)3-4-15(13)11-24-20(26)19-10-16-12-29(27)8-6-18(16)28-19;1-2/h3-5,7,9-10H,6,8,11-12H2,1-2H3,(H,24,26)(H,22,23,25);1-2H3. The lowest BCUT2D eigenvalue weighted by Crippen LogP contribution is -2.22. The summed E-state index contributed by atoms with van der Waals surface area (Å²) < 4.78 is 11.7. The van der Waals surface area contributed by atoms with Crippen LogP contribution in [0.1, 0.15) is 45.1 Å². The molecule has 8 heteroatoms. The topological polar surface area (TPSA) is 84.0 Å². The predicted octanol–water partition coefficient (Wildman–Crippen LogP) is 4.32. The minimum atomic E-state index is -0.796. The normalized spacial score (nSPS) is 14.8. The number of nitrogens with one attached hydrogen (secondary N) is 2. The Kier molecular flexibility index (Phi) is 7.92. The summed E-state index contributed by atoms with van der Waals surface area (Å²) in [4.78, 5) is 23.1. The number of benzene rings is 1. The Bertz CT molecular complexity index is 1090. The predicted molar refractivity (Wildman–Crippen MR) is 129 cm³/mol. The molecule has 1 aliphatic heterocycles. The van der Waals surface area contributed by atoms with Gasteiger partial charge in [0, 0.05) is 52.5 Å². The van der Waals surface area contributed by atoms with E-state index < -0.39 is 10.8 Å². The molecule has 1 atom stereocenters. The molecular weight excluding hydrogens is 428 g/mol. The highest BCUT2D eigenvalue weighted by atomic mass is 32.2. The lowest BCUT2D eigenvalue weighted by Gasteiger charge is -2.10. The zero-order chi connectivity index (χ0) is 22.4. The molecule has 0 spiro atoms. The fourth-order valence-electron chi connectivity index (χ4n) is 3.32. The number of rotatable bonds is 5. The molecule has 2 N–H and O–H groups in total. The first-order chi connectivity index (χ1) is 15.0. The maximum Gasteiger partial charge on any atom is 0.261 e. The largest absolute Gasteiger partial charge is 0.357 e. The van der Waals surface area contributed by atoms with Gasteiger partial charge >= 0.3 is 0 Å². The number of nitrogens with zero attached hydrogens (tertiary/aromatic N) is 2. The van der Waals surface area contributed by atoms with Crippen molar-refractivity contribution in [2.75, 3.05) is 18.1 Å². The lowest BCUT2D eigenvalue weighted by atomic mass is 10.0. The summed E-state index contributed by atoms with van der Waals surface area (Å²) in [5.41, 5.74) is 5.08. The number of hydrogen-bond donors (Lipinski definition) is 2. The lowest BCUT2D eigenvalue weighted by molar-refractivity contribution is 0.0955. The van der Waals surface area contributed by atoms with E-state index in [1.807, 2.05) is 45.0 Å². The first kappa shape index (κ1) is 23.1. The van der Waals surface area contributed by atoms with Gasteiger partial charge in [0.2, 0.25) is 5.95 Å². The van der Waals surface area contributed by atoms with Crippen molar-refractivity contribution in [2.24, 2.45) is 0 Å². The molecule has 6 nitrogen and oxygen atoms in total. The number of aryl methyl sites for hydroxylation is 2. The second kappa shape index (κ2) is 10.6. The van der Waals surface area contributed by atoms with Crippen LogP contribution < -0.4 is 10.6 Å². The van der Waals surface area contributed by atoms with Gasteiger partial charge in [0.15, 0.2) is 0 Å². The van der Waals surface area contributed by atoms with Crippen LogP contribution in [0.4, 0.5) is 5.95 Å². The molecule has 0 saturated heterocycles. The third-order valence-electron chi connectivity index (χ3n) is 4.95. The third kappa shape index (κ3) is 5.57. The second-order valence-electron chi connectivity index (χ2n) is 6.94. The quantitative estimate of drug-likeness (QED) is 0.597. The SMILES string of the molecule is CC.CNc1nccc(-c2ccc(CNC(=O)c3cc4c(s3)CCS(=O)C4)c(C)c2)n1. The minimum absolute atomic E-state index is 0.0758. The van der Waals surface area contributed by atoms with Crippen LogP contribution in [0.25, 0.3) is 11.3 Å². The molecule has 31 heavy (non-hydrogen) atoms. The third-order valence-corrected chi connectivity index (χ3v) is 7.48. The zero-order valence-corrected chi connectivity index (χ0v) is 20.0. The highest BCUT2D eigenvalue weighted by Gasteiger charge is 2.20. The fourth-order valence-corrected chi connectivity index (χ4v) is 5.82. The van der Waals surface area contributed by atoms with Gasteiger partial charge in [-0.25, -0.2) is 9.97 Å². The molecule has 0 bridgehead atoms. The Balaban J connectivity index is 0.00000132. The Labute approximate surface area is 190 Å². The molecule has 0 radical (unpaired) electrons. The Morgan fingerprint density at radius 3 is 2.77 bits per heavy atom. The molecule has 4 rings (SSSR count). The number of carbonyl (C=O) groups is 1. The second-order valence-corrected chi connectivity index (χ2v) is 9.65. The van der Waals surface area contributed by atoms with Crippen molar-refractivity contribution in [2.45, 2.75) is 39.5 Å². The van der Waals surface area contributed by atoms with Crippen molar-refractivity contribution >= 4 is 34.0 Å². The molecule has 1 aliphatic rings. The van der Waals surface area contributed by atoms with Gasteiger partial charge in [0.25, 0.3) is 5.91 Å². The number of thiophene rings is 1. The van der Waals surface area contributed by atoms with E-state index in [1.54, 1.807) is 13.2 Å². The van der Waals surface area contributed by atoms with E-state index in [4.69, 9.17) is 0 Å². The van der Waals surface area contributed by atoms with Gasteiger partial charge in [-0.1, -0.05) is 26.0 Å². The van der Waals surface area contributed by atoms with E-state index in [2.05, 4.69) is 26.7 Å². The van der Waals surface area contributed by atoms with E-state index in [1.165, 1.54) is 16.2 Å². The van der Waals surface area contributed by atoms with E-state index in [-0.39, 0.29) is 5.91 Å². The summed E-state index contributed by atoms with van der Waals surface area (Å²) in [6.07, 6.45) is 2.53. The van der Waals surface area contributed by atoms with Crippen molar-refractivity contribution in [1.82, 2.24) is 15.3 Å². The zero-order valence-electron chi connectivity index (χ0n) is 18.3. The van der Waals surface area contributed by atoms with E-state index >= 15 is 0 Å². The Morgan fingerprint density at radius 1 is 1.23 bits per heavy atom. The number of amides is 1. The Morgan fingerprint density at radius 2 is 2.03 bits per heavy atom. The van der Waals surface area contributed by atoms with Crippen LogP contribution in [0.5, 0.6) is 0 Å². The molecule has 0 aliphatic carbocycles. The summed E-state index contributed by atoms with van der Waals surface area (Å²) in [5, 5.41) is 5.96. The smallest absolute Gasteiger partial charge is 0.261 e. The maximum atomic E-state index is 12.6. The number of hydrogen-bond acceptors (Lipinski definition) is 6. The average Bonchev–Trinajstić information content (AvgIpc) is 3.22. The van der Waals surface area contributed by atoms with Crippen molar-refractivity contribution < 1.29 is 9.00 Å². The van der Waals surface area contributed by atoms with Crippen LogP contribution >= 0.6 is 11.3 Å². The number of aromatic nitrogens is 2. The van der Waals surface area contributed by atoms with Gasteiger partial charge in [0.05, 0.1) is 10.6 Å². The van der Waals surface area contributed by atoms with E-state index in [9.17, 15) is 9.00 Å². The van der Waals surface area contributed by atoms with Gasteiger partial charge in [-0.3, -0.25) is 9.00 Å². The van der Waals surface area contributed by atoms with Gasteiger partial charge in [-0.05, 0) is 48.2 Å². The highest BCUT2D eigenvalue weighted by molar-refractivity contribution is 7.84. The maximum absolute atomic E-state index is 12.6. The van der Waals surface area contributed by atoms with Crippen molar-refractivity contribution in [3.05, 3.63) is 63.0 Å². The fraction of sp³-hybridized carbons (Fsp3) is 0.348. The monoisotopic (exact) mass is 456 g/mol. The Hall–Kier alpha value is -2.58. The molecule has 164 valence electrons. The van der Waals surface area contributed by atoms with E-state index in [0.717, 1.165) is 34.4 Å². The highest BCUT2D eigenvalue weighted by Crippen LogP contribution is 2.28. The molecule has 1 aromatic carbocycles. The van der Waals surface area contributed by atoms with Gasteiger partial charge < -0.3 is 10.6 Å². The summed E-state index contributed by atoms with van der Waals surface area (Å²) in [5.74, 6) is 1.77. The average molecular weight is 457 g/mol. The molecule has 2 aromatic heterocycles. The minimum Gasteiger partial charge on any atom is -0.357 e. The van der Waals surface area contributed by atoms with Gasteiger partial charge in [0.1, 0.15) is 0 Å². The van der Waals surface area contributed by atoms with Gasteiger partial charge in [-0.15, -0.1) is 11.3 Å². The molecular formula is C23H28N4O2S2. The summed E-state index contributed by atoms with van der Waals surface area (Å²) in [7, 11) is 0.995. The van der Waals surface area contributed by atoms with Crippen LogP contribution in [-0.4, -0.2) is 32.9 Å². The molecule has 1 amide bonds. The van der Waals surface area contributed by atoms with Gasteiger partial charge in [-0.2, -0.15) is 0 Å². The summed E-state index contributed by atoms with van der Waals surface area (Å²) in [6, 6.07) is 9.88. The van der Waals surface area contributed by atoms with Crippen LogP contribution in [0.3, 0.4) is 0 Å². The first-order valence-corrected chi connectivity index (χ1v) is 12.7. The number of fused-ring (bicyclic) bond motifs is 1. The summed E-state index contributed by atoms with van der Waals surface area (Å²) in [6.45, 7) is 6.50. The van der Waals surface area contributed by atoms with Crippen molar-refractivity contribution in [1.29, 1.82) is 0 Å². The van der Waals surface area contributed by atoms with Crippen LogP contribution in [0.15, 0.2) is 36.5 Å². The van der Waals surface area contributed by atoms with Crippen LogP contribution in [0.2, 0.25) is 0 Å². The first-order valence-electron chi connectivity index (χ1n) is 10.4. The number of anilines is 1. The molecule has 0 saturated carbocycles.